The fourth-order valence-electron chi connectivity index (χ4n) is 2.84. The summed E-state index contributed by atoms with van der Waals surface area (Å²) in [5.74, 6) is -0.117. The Labute approximate surface area is 123 Å². The van der Waals surface area contributed by atoms with E-state index in [4.69, 9.17) is 0 Å². The Balaban J connectivity index is 2.04. The third-order valence-corrected chi connectivity index (χ3v) is 3.84. The summed E-state index contributed by atoms with van der Waals surface area (Å²) in [5.41, 5.74) is 0.814. The van der Waals surface area contributed by atoms with E-state index in [9.17, 15) is 9.59 Å². The van der Waals surface area contributed by atoms with Crippen LogP contribution in [0.1, 0.15) is 19.8 Å². The number of carbonyl (C=O) groups excluding carboxylic acids is 2. The molecule has 2 aromatic rings. The molecule has 1 heterocycles. The van der Waals surface area contributed by atoms with E-state index in [0.29, 0.717) is 6.42 Å². The first-order valence-corrected chi connectivity index (χ1v) is 7.29. The number of anilines is 1. The number of nitrogens with zero attached hydrogens (tertiary/aromatic N) is 1. The molecule has 0 saturated carbocycles. The molecule has 1 saturated heterocycles. The van der Waals surface area contributed by atoms with Crippen LogP contribution in [0, 0.1) is 0 Å². The molecule has 1 fully saturated rings. The third kappa shape index (κ3) is 2.49. The Bertz CT molecular complexity index is 691. The van der Waals surface area contributed by atoms with Crippen LogP contribution in [0.25, 0.3) is 10.8 Å². The lowest BCUT2D eigenvalue weighted by atomic mass is 10.0. The Morgan fingerprint density at radius 2 is 1.90 bits per heavy atom. The molecule has 0 aromatic heterocycles. The number of benzene rings is 2. The highest BCUT2D eigenvalue weighted by Gasteiger charge is 2.33. The summed E-state index contributed by atoms with van der Waals surface area (Å²) in [6.07, 6.45) is 1.53. The Kier molecular flexibility index (Phi) is 3.60. The van der Waals surface area contributed by atoms with Crippen molar-refractivity contribution in [2.75, 3.05) is 11.4 Å². The average Bonchev–Trinajstić information content (AvgIpc) is 2.50. The maximum Gasteiger partial charge on any atom is 0.250 e. The van der Waals surface area contributed by atoms with Gasteiger partial charge in [0, 0.05) is 5.39 Å². The van der Waals surface area contributed by atoms with E-state index < -0.39 is 6.04 Å². The lowest BCUT2D eigenvalue weighted by Crippen LogP contribution is -2.58. The van der Waals surface area contributed by atoms with Crippen molar-refractivity contribution in [1.82, 2.24) is 5.32 Å². The molecule has 1 aliphatic rings. The molecule has 21 heavy (non-hydrogen) atoms. The molecule has 2 aromatic carbocycles. The fourth-order valence-corrected chi connectivity index (χ4v) is 2.84. The number of piperazine rings is 1. The van der Waals surface area contributed by atoms with Crippen LogP contribution in [0.15, 0.2) is 42.5 Å². The van der Waals surface area contributed by atoms with Crippen LogP contribution in [0.4, 0.5) is 5.69 Å². The van der Waals surface area contributed by atoms with Gasteiger partial charge in [0.1, 0.15) is 12.6 Å². The molecular weight excluding hydrogens is 264 g/mol. The van der Waals surface area contributed by atoms with Crippen molar-refractivity contribution < 1.29 is 9.59 Å². The molecular formula is C17H18N2O2. The van der Waals surface area contributed by atoms with Crippen molar-refractivity contribution in [2.45, 2.75) is 25.8 Å². The summed E-state index contributed by atoms with van der Waals surface area (Å²) in [6.45, 7) is 2.10. The van der Waals surface area contributed by atoms with Crippen molar-refractivity contribution in [3.63, 3.8) is 0 Å². The molecule has 1 aliphatic heterocycles. The SMILES string of the molecule is CCCC1NC(=O)CN(c2cccc3ccccc23)C1=O. The zero-order chi connectivity index (χ0) is 14.8. The summed E-state index contributed by atoms with van der Waals surface area (Å²) in [7, 11) is 0. The number of fused-ring (bicyclic) bond motifs is 1. The van der Waals surface area contributed by atoms with Gasteiger partial charge >= 0.3 is 0 Å². The summed E-state index contributed by atoms with van der Waals surface area (Å²) in [6, 6.07) is 13.3. The molecule has 0 bridgehead atoms. The molecule has 1 unspecified atom stereocenters. The van der Waals surface area contributed by atoms with Crippen LogP contribution >= 0.6 is 0 Å². The zero-order valence-electron chi connectivity index (χ0n) is 12.0. The van der Waals surface area contributed by atoms with Gasteiger partial charge in [0.25, 0.3) is 0 Å². The van der Waals surface area contributed by atoms with Gasteiger partial charge in [-0.3, -0.25) is 9.59 Å². The molecule has 0 spiro atoms. The second kappa shape index (κ2) is 5.56. The molecule has 4 heteroatoms. The average molecular weight is 282 g/mol. The Morgan fingerprint density at radius 1 is 1.14 bits per heavy atom. The van der Waals surface area contributed by atoms with Gasteiger partial charge in [-0.1, -0.05) is 49.7 Å². The van der Waals surface area contributed by atoms with Gasteiger partial charge in [0.05, 0.1) is 5.69 Å². The summed E-state index contributed by atoms with van der Waals surface area (Å²) < 4.78 is 0. The van der Waals surface area contributed by atoms with Crippen LogP contribution in [0.2, 0.25) is 0 Å². The second-order valence-corrected chi connectivity index (χ2v) is 5.33. The van der Waals surface area contributed by atoms with E-state index >= 15 is 0 Å². The first-order valence-electron chi connectivity index (χ1n) is 7.29. The van der Waals surface area contributed by atoms with Gasteiger partial charge in [-0.15, -0.1) is 0 Å². The van der Waals surface area contributed by atoms with Gasteiger partial charge in [0.15, 0.2) is 0 Å². The number of carbonyl (C=O) groups is 2. The predicted octanol–water partition coefficient (Wildman–Crippen LogP) is 2.47. The highest BCUT2D eigenvalue weighted by Crippen LogP contribution is 2.28. The second-order valence-electron chi connectivity index (χ2n) is 5.33. The largest absolute Gasteiger partial charge is 0.343 e. The van der Waals surface area contributed by atoms with Crippen LogP contribution in [-0.2, 0) is 9.59 Å². The number of rotatable bonds is 3. The van der Waals surface area contributed by atoms with Crippen molar-refractivity contribution >= 4 is 28.3 Å². The standard InChI is InChI=1S/C17H18N2O2/c1-2-6-14-17(21)19(11-16(20)18-14)15-10-5-8-12-7-3-4-9-13(12)15/h3-5,7-10,14H,2,6,11H2,1H3,(H,18,20). The zero-order valence-corrected chi connectivity index (χ0v) is 12.0. The lowest BCUT2D eigenvalue weighted by molar-refractivity contribution is -0.131. The van der Waals surface area contributed by atoms with Gasteiger partial charge in [0.2, 0.25) is 11.8 Å². The minimum Gasteiger partial charge on any atom is -0.343 e. The van der Waals surface area contributed by atoms with Crippen LogP contribution in [0.5, 0.6) is 0 Å². The highest BCUT2D eigenvalue weighted by molar-refractivity contribution is 6.11. The van der Waals surface area contributed by atoms with Crippen molar-refractivity contribution in [2.24, 2.45) is 0 Å². The maximum atomic E-state index is 12.6. The minimum absolute atomic E-state index is 0.0206. The molecule has 2 amide bonds. The first kappa shape index (κ1) is 13.6. The van der Waals surface area contributed by atoms with Gasteiger partial charge in [-0.05, 0) is 17.9 Å². The number of amides is 2. The molecule has 1 N–H and O–H groups in total. The van der Waals surface area contributed by atoms with Gasteiger partial charge < -0.3 is 10.2 Å². The molecule has 0 radical (unpaired) electrons. The van der Waals surface area contributed by atoms with Gasteiger partial charge in [-0.2, -0.15) is 0 Å². The first-order chi connectivity index (χ1) is 10.2. The topological polar surface area (TPSA) is 49.4 Å². The normalized spacial score (nSPS) is 18.9. The number of hydrogen-bond acceptors (Lipinski definition) is 2. The maximum absolute atomic E-state index is 12.6. The van der Waals surface area contributed by atoms with Crippen LogP contribution in [-0.4, -0.2) is 24.4 Å². The molecule has 1 atom stereocenters. The van der Waals surface area contributed by atoms with Crippen LogP contribution < -0.4 is 10.2 Å². The third-order valence-electron chi connectivity index (χ3n) is 3.84. The Morgan fingerprint density at radius 3 is 2.71 bits per heavy atom. The molecule has 4 nitrogen and oxygen atoms in total. The Hall–Kier alpha value is -2.36. The molecule has 0 aliphatic carbocycles. The van der Waals surface area contributed by atoms with Crippen molar-refractivity contribution in [1.29, 1.82) is 0 Å². The monoisotopic (exact) mass is 282 g/mol. The fraction of sp³-hybridized carbons (Fsp3) is 0.294. The summed E-state index contributed by atoms with van der Waals surface area (Å²) >= 11 is 0. The molecule has 3 rings (SSSR count). The van der Waals surface area contributed by atoms with E-state index in [1.54, 1.807) is 4.90 Å². The summed E-state index contributed by atoms with van der Waals surface area (Å²) in [4.78, 5) is 26.1. The van der Waals surface area contributed by atoms with E-state index in [2.05, 4.69) is 5.32 Å². The number of nitrogens with one attached hydrogen (secondary N) is 1. The van der Waals surface area contributed by atoms with Gasteiger partial charge in [-0.25, -0.2) is 0 Å². The van der Waals surface area contributed by atoms with Crippen molar-refractivity contribution in [3.8, 4) is 0 Å². The van der Waals surface area contributed by atoms with E-state index in [-0.39, 0.29) is 18.4 Å². The lowest BCUT2D eigenvalue weighted by Gasteiger charge is -2.33. The smallest absolute Gasteiger partial charge is 0.250 e. The van der Waals surface area contributed by atoms with E-state index in [0.717, 1.165) is 22.9 Å². The highest BCUT2D eigenvalue weighted by atomic mass is 16.2. The van der Waals surface area contributed by atoms with Crippen molar-refractivity contribution in [3.05, 3.63) is 42.5 Å². The quantitative estimate of drug-likeness (QED) is 0.940. The molecule has 108 valence electrons. The van der Waals surface area contributed by atoms with Crippen LogP contribution in [0.3, 0.4) is 0 Å². The summed E-state index contributed by atoms with van der Waals surface area (Å²) in [5, 5.41) is 4.85. The van der Waals surface area contributed by atoms with E-state index in [1.807, 2.05) is 49.4 Å². The predicted molar refractivity (Wildman–Crippen MR) is 83.1 cm³/mol. The van der Waals surface area contributed by atoms with E-state index in [1.165, 1.54) is 0 Å². The minimum atomic E-state index is -0.407. The number of hydrogen-bond donors (Lipinski definition) is 1.